The molecule has 0 atom stereocenters. The van der Waals surface area contributed by atoms with Crippen LogP contribution < -0.4 is 5.32 Å². The zero-order valence-corrected chi connectivity index (χ0v) is 11.8. The second kappa shape index (κ2) is 15.3. The highest BCUT2D eigenvalue weighted by Gasteiger charge is 2.10. The third kappa shape index (κ3) is 18.6. The molecule has 0 saturated carbocycles. The monoisotopic (exact) mass is 295 g/mol. The molecule has 0 aliphatic rings. The molecule has 0 unspecified atom stereocenters. The van der Waals surface area contributed by atoms with Gasteiger partial charge in [0.2, 0.25) is 0 Å². The Balaban J connectivity index is 0. The van der Waals surface area contributed by atoms with Gasteiger partial charge in [0.25, 0.3) is 0 Å². The number of hydrogen-bond donors (Lipinski definition) is 2. The molecule has 118 valence electrons. The number of carboxylic acids is 1. The van der Waals surface area contributed by atoms with Crippen molar-refractivity contribution < 1.29 is 39.0 Å². The van der Waals surface area contributed by atoms with Crippen molar-refractivity contribution in [3.8, 4) is 0 Å². The first-order chi connectivity index (χ1) is 9.47. The Morgan fingerprint density at radius 3 is 1.55 bits per heavy atom. The predicted octanol–water partition coefficient (Wildman–Crippen LogP) is 0.0464. The summed E-state index contributed by atoms with van der Waals surface area (Å²) in [5.74, 6) is -2.04. The third-order valence-corrected chi connectivity index (χ3v) is 1.40. The van der Waals surface area contributed by atoms with Crippen LogP contribution in [0.4, 0.5) is 0 Å². The predicted molar refractivity (Wildman–Crippen MR) is 66.2 cm³/mol. The molecule has 0 bridgehead atoms. The van der Waals surface area contributed by atoms with Crippen molar-refractivity contribution in [1.82, 2.24) is 5.32 Å². The van der Waals surface area contributed by atoms with Crippen molar-refractivity contribution in [2.45, 2.75) is 26.7 Å². The van der Waals surface area contributed by atoms with Gasteiger partial charge in [-0.3, -0.25) is 14.6 Å². The summed E-state index contributed by atoms with van der Waals surface area (Å²) in [5, 5.41) is 10.3. The molecule has 0 aromatic carbocycles. The van der Waals surface area contributed by atoms with Crippen LogP contribution in [0.2, 0.25) is 0 Å². The maximum absolute atomic E-state index is 10.8. The van der Waals surface area contributed by atoms with E-state index >= 15 is 0 Å². The minimum Gasteiger partial charge on any atom is -0.480 e. The van der Waals surface area contributed by atoms with E-state index in [-0.39, 0.29) is 32.6 Å². The number of carboxylic acid groups (broad SMARTS) is 1. The summed E-state index contributed by atoms with van der Waals surface area (Å²) in [6, 6.07) is 0. The number of likely N-dealkylation sites (N-methyl/N-ethyl adjacent to an activating group) is 1. The molecule has 0 amide bonds. The summed E-state index contributed by atoms with van der Waals surface area (Å²) in [6.07, 6.45) is -0.183. The smallest absolute Gasteiger partial charge is 0.342 e. The van der Waals surface area contributed by atoms with Gasteiger partial charge in [-0.15, -0.1) is 0 Å². The number of nitrogens with one attached hydrogen (secondary N) is 1. The highest BCUT2D eigenvalue weighted by atomic mass is 17.2. The largest absolute Gasteiger partial charge is 0.480 e. The van der Waals surface area contributed by atoms with Gasteiger partial charge in [0.1, 0.15) is 0 Å². The lowest BCUT2D eigenvalue weighted by molar-refractivity contribution is -0.275. The lowest BCUT2D eigenvalue weighted by atomic mass is 10.3. The van der Waals surface area contributed by atoms with Gasteiger partial charge in [-0.1, -0.05) is 0 Å². The Morgan fingerprint density at radius 1 is 0.950 bits per heavy atom. The van der Waals surface area contributed by atoms with E-state index in [1.165, 1.54) is 0 Å². The average molecular weight is 295 g/mol. The van der Waals surface area contributed by atoms with Crippen LogP contribution in [0, 0.1) is 0 Å². The van der Waals surface area contributed by atoms with Crippen LogP contribution in [-0.4, -0.2) is 49.8 Å². The van der Waals surface area contributed by atoms with Gasteiger partial charge < -0.3 is 10.4 Å². The van der Waals surface area contributed by atoms with Gasteiger partial charge >= 0.3 is 17.9 Å². The first-order valence-electron chi connectivity index (χ1n) is 5.98. The van der Waals surface area contributed by atoms with Crippen molar-refractivity contribution in [3.63, 3.8) is 0 Å². The Labute approximate surface area is 117 Å². The van der Waals surface area contributed by atoms with E-state index in [9.17, 15) is 14.4 Å². The van der Waals surface area contributed by atoms with Crippen LogP contribution in [0.3, 0.4) is 0 Å². The zero-order valence-electron chi connectivity index (χ0n) is 11.8. The van der Waals surface area contributed by atoms with Gasteiger partial charge in [-0.25, -0.2) is 9.59 Å². The molecular weight excluding hydrogens is 274 g/mol. The average Bonchev–Trinajstić information content (AvgIpc) is 2.41. The first kappa shape index (κ1) is 20.6. The maximum atomic E-state index is 10.8. The van der Waals surface area contributed by atoms with Crippen molar-refractivity contribution in [2.75, 3.05) is 26.8 Å². The molecule has 2 N–H and O–H groups in total. The van der Waals surface area contributed by atoms with Crippen LogP contribution in [-0.2, 0) is 33.9 Å². The van der Waals surface area contributed by atoms with Gasteiger partial charge in [0.15, 0.2) is 0 Å². The topological polar surface area (TPSA) is 120 Å². The minimum absolute atomic E-state index is 0.0417. The van der Waals surface area contributed by atoms with Crippen molar-refractivity contribution in [2.24, 2.45) is 0 Å². The molecule has 0 fully saturated rings. The van der Waals surface area contributed by atoms with E-state index in [4.69, 9.17) is 5.11 Å². The Kier molecular flexibility index (Phi) is 15.8. The van der Waals surface area contributed by atoms with E-state index in [0.29, 0.717) is 0 Å². The van der Waals surface area contributed by atoms with E-state index in [1.807, 2.05) is 0 Å². The SMILES string of the molecule is CCOOC(=O)CCC(=O)OOCC.CNCC(=O)O. The van der Waals surface area contributed by atoms with Gasteiger partial charge in [0, 0.05) is 0 Å². The van der Waals surface area contributed by atoms with E-state index in [0.717, 1.165) is 0 Å². The van der Waals surface area contributed by atoms with Crippen LogP contribution >= 0.6 is 0 Å². The number of aliphatic carboxylic acids is 1. The Morgan fingerprint density at radius 2 is 1.35 bits per heavy atom. The number of hydrogen-bond acceptors (Lipinski definition) is 8. The lowest BCUT2D eigenvalue weighted by Crippen LogP contribution is -2.16. The molecule has 0 radical (unpaired) electrons. The molecule has 0 aromatic heterocycles. The van der Waals surface area contributed by atoms with Gasteiger partial charge in [-0.2, -0.15) is 9.78 Å². The summed E-state index contributed by atoms with van der Waals surface area (Å²) in [7, 11) is 1.59. The van der Waals surface area contributed by atoms with E-state index in [1.54, 1.807) is 20.9 Å². The molecule has 0 aliphatic heterocycles. The molecule has 20 heavy (non-hydrogen) atoms. The quantitative estimate of drug-likeness (QED) is 0.448. The maximum Gasteiger partial charge on any atom is 0.342 e. The lowest BCUT2D eigenvalue weighted by Gasteiger charge is -2.01. The molecule has 0 heterocycles. The fourth-order valence-electron chi connectivity index (χ4n) is 0.688. The highest BCUT2D eigenvalue weighted by molar-refractivity contribution is 5.76. The standard InChI is InChI=1S/C8H14O6.C3H7NO2/c1-3-11-13-7(9)5-6-8(10)14-12-4-2;1-4-2-3(5)6/h3-6H2,1-2H3;4H,2H2,1H3,(H,5,6). The summed E-state index contributed by atoms with van der Waals surface area (Å²) < 4.78 is 0. The zero-order chi connectivity index (χ0) is 15.8. The third-order valence-electron chi connectivity index (χ3n) is 1.40. The Bertz CT molecular complexity index is 262. The van der Waals surface area contributed by atoms with Crippen LogP contribution in [0.25, 0.3) is 0 Å². The minimum atomic E-state index is -0.822. The van der Waals surface area contributed by atoms with E-state index in [2.05, 4.69) is 24.9 Å². The second-order valence-electron chi connectivity index (χ2n) is 3.15. The van der Waals surface area contributed by atoms with E-state index < -0.39 is 17.9 Å². The molecule has 9 heteroatoms. The molecular formula is C11H21NO8. The van der Waals surface area contributed by atoms with Gasteiger partial charge in [0.05, 0.1) is 32.6 Å². The molecule has 0 spiro atoms. The van der Waals surface area contributed by atoms with Crippen molar-refractivity contribution in [1.29, 1.82) is 0 Å². The summed E-state index contributed by atoms with van der Waals surface area (Å²) in [4.78, 5) is 48.4. The fourth-order valence-corrected chi connectivity index (χ4v) is 0.688. The summed E-state index contributed by atoms with van der Waals surface area (Å²) >= 11 is 0. The Hall–Kier alpha value is -1.71. The normalized spacial score (nSPS) is 9.15. The first-order valence-corrected chi connectivity index (χ1v) is 5.98. The second-order valence-corrected chi connectivity index (χ2v) is 3.15. The number of rotatable bonds is 9. The molecule has 0 rings (SSSR count). The van der Waals surface area contributed by atoms with Crippen LogP contribution in [0.1, 0.15) is 26.7 Å². The molecule has 9 nitrogen and oxygen atoms in total. The van der Waals surface area contributed by atoms with Crippen LogP contribution in [0.15, 0.2) is 0 Å². The van der Waals surface area contributed by atoms with Gasteiger partial charge in [-0.05, 0) is 20.9 Å². The molecule has 0 aromatic rings. The number of carbonyl (C=O) groups excluding carboxylic acids is 2. The fraction of sp³-hybridized carbons (Fsp3) is 0.727. The van der Waals surface area contributed by atoms with Crippen molar-refractivity contribution in [3.05, 3.63) is 0 Å². The highest BCUT2D eigenvalue weighted by Crippen LogP contribution is 1.96. The molecule has 0 aliphatic carbocycles. The number of carbonyl (C=O) groups is 3. The van der Waals surface area contributed by atoms with Crippen molar-refractivity contribution >= 4 is 17.9 Å². The summed E-state index contributed by atoms with van der Waals surface area (Å²) in [6.45, 7) is 3.94. The van der Waals surface area contributed by atoms with Crippen LogP contribution in [0.5, 0.6) is 0 Å². The summed E-state index contributed by atoms with van der Waals surface area (Å²) in [5.41, 5.74) is 0. The molecule has 0 saturated heterocycles.